The minimum Gasteiger partial charge on any atom is -0.489 e. The van der Waals surface area contributed by atoms with Gasteiger partial charge in [-0.1, -0.05) is 40.5 Å². The minimum absolute atomic E-state index is 0.162. The van der Waals surface area contributed by atoms with Gasteiger partial charge in [0.15, 0.2) is 11.6 Å². The van der Waals surface area contributed by atoms with Gasteiger partial charge in [-0.25, -0.2) is 4.39 Å². The van der Waals surface area contributed by atoms with Crippen molar-refractivity contribution in [1.82, 2.24) is 0 Å². The van der Waals surface area contributed by atoms with E-state index in [2.05, 4.69) is 22.9 Å². The minimum atomic E-state index is -0.402. The van der Waals surface area contributed by atoms with Crippen molar-refractivity contribution in [3.63, 3.8) is 0 Å². The van der Waals surface area contributed by atoms with Crippen LogP contribution in [-0.2, 0) is 0 Å². The zero-order valence-electron chi connectivity index (χ0n) is 9.18. The molecule has 1 aromatic rings. The third kappa shape index (κ3) is 4.30. The molecule has 0 aliphatic carbocycles. The van der Waals surface area contributed by atoms with Crippen LogP contribution in [0.2, 0.25) is 5.02 Å². The summed E-state index contributed by atoms with van der Waals surface area (Å²) in [6.07, 6.45) is 1.99. The van der Waals surface area contributed by atoms with Gasteiger partial charge >= 0.3 is 0 Å². The van der Waals surface area contributed by atoms with Crippen molar-refractivity contribution < 1.29 is 9.13 Å². The molecule has 1 unspecified atom stereocenters. The average molecular weight is 310 g/mol. The van der Waals surface area contributed by atoms with Crippen LogP contribution in [-0.4, -0.2) is 11.9 Å². The summed E-state index contributed by atoms with van der Waals surface area (Å²) >= 11 is 9.22. The monoisotopic (exact) mass is 308 g/mol. The topological polar surface area (TPSA) is 9.23 Å². The average Bonchev–Trinajstić information content (AvgIpc) is 2.23. The maximum atomic E-state index is 13.3. The van der Waals surface area contributed by atoms with Crippen LogP contribution in [0, 0.1) is 11.7 Å². The Bertz CT molecular complexity index is 313. The quantitative estimate of drug-likeness (QED) is 0.694. The summed E-state index contributed by atoms with van der Waals surface area (Å²) in [5, 5.41) is 1.31. The number of ether oxygens (including phenoxy) is 1. The molecule has 16 heavy (non-hydrogen) atoms. The predicted molar refractivity (Wildman–Crippen MR) is 69.1 cm³/mol. The molecule has 0 amide bonds. The number of halogens is 3. The van der Waals surface area contributed by atoms with Gasteiger partial charge in [0.25, 0.3) is 0 Å². The Morgan fingerprint density at radius 2 is 2.19 bits per heavy atom. The molecule has 0 saturated carbocycles. The molecule has 0 aromatic heterocycles. The standard InChI is InChI=1S/C12H15BrClFO/c1-9(5-7-13)6-8-16-12-10(14)3-2-4-11(12)15/h2-4,9H,5-8H2,1H3. The summed E-state index contributed by atoms with van der Waals surface area (Å²) < 4.78 is 18.7. The van der Waals surface area contributed by atoms with E-state index in [0.29, 0.717) is 17.5 Å². The number of rotatable bonds is 6. The maximum Gasteiger partial charge on any atom is 0.173 e. The van der Waals surface area contributed by atoms with Gasteiger partial charge in [0.2, 0.25) is 0 Å². The predicted octanol–water partition coefficient (Wildman–Crippen LogP) is 4.67. The first-order chi connectivity index (χ1) is 7.65. The molecule has 0 bridgehead atoms. The van der Waals surface area contributed by atoms with Gasteiger partial charge in [-0.3, -0.25) is 0 Å². The first-order valence-electron chi connectivity index (χ1n) is 5.28. The maximum absolute atomic E-state index is 13.3. The Hall–Kier alpha value is -0.280. The molecule has 1 nitrogen and oxygen atoms in total. The van der Waals surface area contributed by atoms with Gasteiger partial charge in [0.1, 0.15) is 0 Å². The van der Waals surface area contributed by atoms with Crippen molar-refractivity contribution in [3.8, 4) is 5.75 Å². The molecule has 0 spiro atoms. The Morgan fingerprint density at radius 1 is 1.44 bits per heavy atom. The number of hydrogen-bond donors (Lipinski definition) is 0. The smallest absolute Gasteiger partial charge is 0.173 e. The second-order valence-electron chi connectivity index (χ2n) is 3.77. The van der Waals surface area contributed by atoms with Crippen LogP contribution in [0.3, 0.4) is 0 Å². The van der Waals surface area contributed by atoms with Crippen molar-refractivity contribution in [3.05, 3.63) is 29.0 Å². The number of hydrogen-bond acceptors (Lipinski definition) is 1. The highest BCUT2D eigenvalue weighted by molar-refractivity contribution is 9.09. The lowest BCUT2D eigenvalue weighted by Crippen LogP contribution is -2.05. The van der Waals surface area contributed by atoms with E-state index >= 15 is 0 Å². The van der Waals surface area contributed by atoms with E-state index in [1.165, 1.54) is 6.07 Å². The van der Waals surface area contributed by atoms with E-state index in [-0.39, 0.29) is 5.75 Å². The van der Waals surface area contributed by atoms with Crippen LogP contribution in [0.15, 0.2) is 18.2 Å². The van der Waals surface area contributed by atoms with Gasteiger partial charge in [0, 0.05) is 5.33 Å². The molecule has 0 radical (unpaired) electrons. The van der Waals surface area contributed by atoms with Crippen LogP contribution < -0.4 is 4.74 Å². The van der Waals surface area contributed by atoms with Crippen LogP contribution in [0.1, 0.15) is 19.8 Å². The SMILES string of the molecule is CC(CCBr)CCOc1c(F)cccc1Cl. The molecule has 1 atom stereocenters. The van der Waals surface area contributed by atoms with Crippen LogP contribution in [0.5, 0.6) is 5.75 Å². The zero-order chi connectivity index (χ0) is 12.0. The molecular formula is C12H15BrClFO. The third-order valence-electron chi connectivity index (χ3n) is 2.38. The summed E-state index contributed by atoms with van der Waals surface area (Å²) in [5.74, 6) is 0.320. The summed E-state index contributed by atoms with van der Waals surface area (Å²) in [4.78, 5) is 0. The largest absolute Gasteiger partial charge is 0.489 e. The molecule has 1 aromatic carbocycles. The summed E-state index contributed by atoms with van der Waals surface area (Å²) in [6, 6.07) is 4.54. The molecular weight excluding hydrogens is 294 g/mol. The molecule has 0 N–H and O–H groups in total. The summed E-state index contributed by atoms with van der Waals surface area (Å²) in [7, 11) is 0. The highest BCUT2D eigenvalue weighted by atomic mass is 79.9. The summed E-state index contributed by atoms with van der Waals surface area (Å²) in [6.45, 7) is 2.64. The van der Waals surface area contributed by atoms with Gasteiger partial charge in [-0.15, -0.1) is 0 Å². The molecule has 0 fully saturated rings. The van der Waals surface area contributed by atoms with Crippen molar-refractivity contribution in [2.24, 2.45) is 5.92 Å². The fourth-order valence-corrected chi connectivity index (χ4v) is 2.31. The number of benzene rings is 1. The highest BCUT2D eigenvalue weighted by Crippen LogP contribution is 2.27. The van der Waals surface area contributed by atoms with E-state index in [0.717, 1.165) is 18.2 Å². The van der Waals surface area contributed by atoms with E-state index < -0.39 is 5.82 Å². The first kappa shape index (κ1) is 13.8. The molecule has 0 heterocycles. The van der Waals surface area contributed by atoms with E-state index in [1.54, 1.807) is 12.1 Å². The second-order valence-corrected chi connectivity index (χ2v) is 4.97. The van der Waals surface area contributed by atoms with Gasteiger partial charge < -0.3 is 4.74 Å². The lowest BCUT2D eigenvalue weighted by molar-refractivity contribution is 0.270. The summed E-state index contributed by atoms with van der Waals surface area (Å²) in [5.41, 5.74) is 0. The van der Waals surface area contributed by atoms with Gasteiger partial charge in [-0.05, 0) is 30.9 Å². The number of para-hydroxylation sites is 1. The lowest BCUT2D eigenvalue weighted by Gasteiger charge is -2.12. The van der Waals surface area contributed by atoms with Crippen molar-refractivity contribution in [1.29, 1.82) is 0 Å². The Kier molecular flexibility index (Phi) is 6.14. The Morgan fingerprint density at radius 3 is 2.81 bits per heavy atom. The normalized spacial score (nSPS) is 12.5. The fraction of sp³-hybridized carbons (Fsp3) is 0.500. The lowest BCUT2D eigenvalue weighted by atomic mass is 10.1. The molecule has 0 saturated heterocycles. The highest BCUT2D eigenvalue weighted by Gasteiger charge is 2.08. The number of alkyl halides is 1. The Balaban J connectivity index is 2.43. The first-order valence-corrected chi connectivity index (χ1v) is 6.78. The van der Waals surface area contributed by atoms with Crippen molar-refractivity contribution in [2.75, 3.05) is 11.9 Å². The third-order valence-corrected chi connectivity index (χ3v) is 3.13. The van der Waals surface area contributed by atoms with E-state index in [4.69, 9.17) is 16.3 Å². The molecule has 4 heteroatoms. The van der Waals surface area contributed by atoms with Crippen LogP contribution in [0.4, 0.5) is 4.39 Å². The molecule has 0 aliphatic heterocycles. The van der Waals surface area contributed by atoms with E-state index in [9.17, 15) is 4.39 Å². The van der Waals surface area contributed by atoms with Crippen LogP contribution >= 0.6 is 27.5 Å². The second kappa shape index (κ2) is 7.13. The van der Waals surface area contributed by atoms with E-state index in [1.807, 2.05) is 0 Å². The van der Waals surface area contributed by atoms with Gasteiger partial charge in [0.05, 0.1) is 11.6 Å². The van der Waals surface area contributed by atoms with Crippen molar-refractivity contribution in [2.45, 2.75) is 19.8 Å². The molecule has 0 aliphatic rings. The molecule has 1 rings (SSSR count). The zero-order valence-corrected chi connectivity index (χ0v) is 11.5. The Labute approximate surface area is 109 Å². The van der Waals surface area contributed by atoms with Gasteiger partial charge in [-0.2, -0.15) is 0 Å². The van der Waals surface area contributed by atoms with Crippen molar-refractivity contribution >= 4 is 27.5 Å². The molecule has 90 valence electrons. The fourth-order valence-electron chi connectivity index (χ4n) is 1.31. The van der Waals surface area contributed by atoms with Crippen LogP contribution in [0.25, 0.3) is 0 Å².